The van der Waals surface area contributed by atoms with E-state index < -0.39 is 0 Å². The van der Waals surface area contributed by atoms with Gasteiger partial charge in [-0.05, 0) is 62.3 Å². The molecule has 0 saturated carbocycles. The van der Waals surface area contributed by atoms with Crippen molar-refractivity contribution in [1.29, 1.82) is 0 Å². The van der Waals surface area contributed by atoms with Gasteiger partial charge in [0.1, 0.15) is 5.75 Å². The van der Waals surface area contributed by atoms with Gasteiger partial charge in [0.2, 0.25) is 0 Å². The molecule has 0 radical (unpaired) electrons. The lowest BCUT2D eigenvalue weighted by molar-refractivity contribution is 0.389. The Bertz CT molecular complexity index is 466. The Morgan fingerprint density at radius 2 is 2.11 bits per heavy atom. The van der Waals surface area contributed by atoms with Crippen LogP contribution in [0, 0.1) is 0 Å². The van der Waals surface area contributed by atoms with Crippen molar-refractivity contribution in [2.75, 3.05) is 20.2 Å². The summed E-state index contributed by atoms with van der Waals surface area (Å²) >= 11 is 6.44. The fraction of sp³-hybridized carbons (Fsp3) is 0.625. The van der Waals surface area contributed by atoms with Gasteiger partial charge in [0, 0.05) is 18.0 Å². The van der Waals surface area contributed by atoms with E-state index in [4.69, 9.17) is 16.3 Å². The predicted molar refractivity (Wildman–Crippen MR) is 79.5 cm³/mol. The molecule has 0 amide bonds. The molecular formula is C16H22ClNO. The smallest absolute Gasteiger partial charge is 0.141 e. The molecule has 1 saturated heterocycles. The number of hydrogen-bond donors (Lipinski definition) is 1. The van der Waals surface area contributed by atoms with Gasteiger partial charge in [0.05, 0.1) is 12.1 Å². The highest BCUT2D eigenvalue weighted by Crippen LogP contribution is 2.42. The highest BCUT2D eigenvalue weighted by molar-refractivity contribution is 6.32. The van der Waals surface area contributed by atoms with Crippen molar-refractivity contribution in [2.24, 2.45) is 0 Å². The van der Waals surface area contributed by atoms with Crippen molar-refractivity contribution in [3.05, 3.63) is 27.8 Å². The molecule has 1 fully saturated rings. The van der Waals surface area contributed by atoms with E-state index >= 15 is 0 Å². The molecule has 1 aliphatic carbocycles. The van der Waals surface area contributed by atoms with Crippen LogP contribution in [-0.2, 0) is 12.8 Å². The number of hydrogen-bond acceptors (Lipinski definition) is 2. The summed E-state index contributed by atoms with van der Waals surface area (Å²) in [5.74, 6) is 1.49. The molecule has 1 aromatic carbocycles. The van der Waals surface area contributed by atoms with Crippen LogP contribution in [0.15, 0.2) is 6.07 Å². The van der Waals surface area contributed by atoms with Crippen LogP contribution in [0.3, 0.4) is 0 Å². The summed E-state index contributed by atoms with van der Waals surface area (Å²) in [6.07, 6.45) is 7.44. The molecule has 1 aliphatic heterocycles. The van der Waals surface area contributed by atoms with E-state index in [-0.39, 0.29) is 0 Å². The molecule has 1 aromatic rings. The van der Waals surface area contributed by atoms with E-state index in [1.165, 1.54) is 55.2 Å². The Hall–Kier alpha value is -0.730. The van der Waals surface area contributed by atoms with Gasteiger partial charge in [-0.1, -0.05) is 11.6 Å². The lowest BCUT2D eigenvalue weighted by Gasteiger charge is -2.30. The summed E-state index contributed by atoms with van der Waals surface area (Å²) in [5, 5.41) is 4.31. The zero-order chi connectivity index (χ0) is 13.2. The van der Waals surface area contributed by atoms with Gasteiger partial charge in [-0.3, -0.25) is 0 Å². The van der Waals surface area contributed by atoms with Crippen molar-refractivity contribution in [2.45, 2.75) is 44.4 Å². The number of halogens is 1. The fourth-order valence-electron chi connectivity index (χ4n) is 3.62. The summed E-state index contributed by atoms with van der Waals surface area (Å²) < 4.78 is 5.64. The Morgan fingerprint density at radius 3 is 2.84 bits per heavy atom. The number of piperidine rings is 1. The van der Waals surface area contributed by atoms with Crippen LogP contribution in [-0.4, -0.2) is 20.2 Å². The van der Waals surface area contributed by atoms with Crippen LogP contribution in [0.25, 0.3) is 0 Å². The van der Waals surface area contributed by atoms with Crippen molar-refractivity contribution < 1.29 is 4.74 Å². The number of benzene rings is 1. The van der Waals surface area contributed by atoms with Crippen molar-refractivity contribution in [3.63, 3.8) is 0 Å². The number of aryl methyl sites for hydroxylation is 1. The van der Waals surface area contributed by atoms with Gasteiger partial charge in [0.25, 0.3) is 0 Å². The summed E-state index contributed by atoms with van der Waals surface area (Å²) in [6, 6.07) is 2.13. The molecule has 3 heteroatoms. The van der Waals surface area contributed by atoms with E-state index in [2.05, 4.69) is 11.4 Å². The van der Waals surface area contributed by atoms with Gasteiger partial charge in [-0.2, -0.15) is 0 Å². The van der Waals surface area contributed by atoms with Crippen molar-refractivity contribution in [1.82, 2.24) is 5.32 Å². The maximum atomic E-state index is 6.44. The summed E-state index contributed by atoms with van der Waals surface area (Å²) in [4.78, 5) is 0. The molecule has 2 aliphatic rings. The first-order chi connectivity index (χ1) is 9.31. The molecule has 104 valence electrons. The van der Waals surface area contributed by atoms with Crippen LogP contribution in [0.2, 0.25) is 5.02 Å². The van der Waals surface area contributed by atoms with Crippen LogP contribution in [0.4, 0.5) is 0 Å². The summed E-state index contributed by atoms with van der Waals surface area (Å²) in [7, 11) is 1.75. The monoisotopic (exact) mass is 279 g/mol. The average Bonchev–Trinajstić information content (AvgIpc) is 2.46. The second-order valence-corrected chi connectivity index (χ2v) is 6.10. The number of fused-ring (bicyclic) bond motifs is 1. The zero-order valence-electron chi connectivity index (χ0n) is 11.6. The van der Waals surface area contributed by atoms with Crippen LogP contribution >= 0.6 is 11.6 Å². The van der Waals surface area contributed by atoms with E-state index in [1.54, 1.807) is 7.11 Å². The normalized spacial score (nSPS) is 22.9. The first kappa shape index (κ1) is 13.3. The van der Waals surface area contributed by atoms with Crippen molar-refractivity contribution >= 4 is 11.6 Å². The van der Waals surface area contributed by atoms with Gasteiger partial charge in [-0.15, -0.1) is 0 Å². The molecule has 1 N–H and O–H groups in total. The molecule has 0 aromatic heterocycles. The topological polar surface area (TPSA) is 21.3 Å². The van der Waals surface area contributed by atoms with E-state index in [0.29, 0.717) is 5.92 Å². The van der Waals surface area contributed by atoms with Gasteiger partial charge in [0.15, 0.2) is 0 Å². The minimum Gasteiger partial charge on any atom is -0.495 e. The van der Waals surface area contributed by atoms with Gasteiger partial charge < -0.3 is 10.1 Å². The molecule has 2 nitrogen and oxygen atoms in total. The van der Waals surface area contributed by atoms with Gasteiger partial charge in [-0.25, -0.2) is 0 Å². The van der Waals surface area contributed by atoms with Crippen molar-refractivity contribution in [3.8, 4) is 5.75 Å². The SMILES string of the molecule is COc1c(Cl)cc2c(c1C1CCCNC1)CCCC2. The third-order valence-electron chi connectivity index (χ3n) is 4.51. The molecule has 1 atom stereocenters. The maximum absolute atomic E-state index is 6.44. The number of ether oxygens (including phenoxy) is 1. The second-order valence-electron chi connectivity index (χ2n) is 5.69. The predicted octanol–water partition coefficient (Wildman–Crippen LogP) is 3.69. The van der Waals surface area contributed by atoms with E-state index in [9.17, 15) is 0 Å². The van der Waals surface area contributed by atoms with Crippen LogP contribution in [0.5, 0.6) is 5.75 Å². The number of rotatable bonds is 2. The fourth-order valence-corrected chi connectivity index (χ4v) is 3.93. The Kier molecular flexibility index (Phi) is 3.99. The summed E-state index contributed by atoms with van der Waals surface area (Å²) in [6.45, 7) is 2.20. The molecular weight excluding hydrogens is 258 g/mol. The maximum Gasteiger partial charge on any atom is 0.141 e. The molecule has 0 bridgehead atoms. The highest BCUT2D eigenvalue weighted by atomic mass is 35.5. The Labute approximate surface area is 120 Å². The Balaban J connectivity index is 2.09. The third kappa shape index (κ3) is 2.48. The molecule has 0 spiro atoms. The molecule has 19 heavy (non-hydrogen) atoms. The number of methoxy groups -OCH3 is 1. The van der Waals surface area contributed by atoms with Crippen LogP contribution in [0.1, 0.15) is 48.3 Å². The van der Waals surface area contributed by atoms with Crippen LogP contribution < -0.4 is 10.1 Å². The number of nitrogens with one attached hydrogen (secondary N) is 1. The average molecular weight is 280 g/mol. The first-order valence-corrected chi connectivity index (χ1v) is 7.78. The molecule has 3 rings (SSSR count). The minimum absolute atomic E-state index is 0.564. The second kappa shape index (κ2) is 5.72. The highest BCUT2D eigenvalue weighted by Gasteiger charge is 2.27. The molecule has 1 heterocycles. The zero-order valence-corrected chi connectivity index (χ0v) is 12.4. The van der Waals surface area contributed by atoms with E-state index in [1.807, 2.05) is 0 Å². The quantitative estimate of drug-likeness (QED) is 0.891. The minimum atomic E-state index is 0.564. The Morgan fingerprint density at radius 1 is 1.26 bits per heavy atom. The first-order valence-electron chi connectivity index (χ1n) is 7.40. The lowest BCUT2D eigenvalue weighted by atomic mass is 9.80. The van der Waals surface area contributed by atoms with Gasteiger partial charge >= 0.3 is 0 Å². The summed E-state index contributed by atoms with van der Waals surface area (Å²) in [5.41, 5.74) is 4.38. The standard InChI is InChI=1S/C16H22ClNO/c1-19-16-14(17)9-11-5-2-3-7-13(11)15(16)12-6-4-8-18-10-12/h9,12,18H,2-8,10H2,1H3. The largest absolute Gasteiger partial charge is 0.495 e. The van der Waals surface area contributed by atoms with E-state index in [0.717, 1.165) is 23.9 Å². The molecule has 1 unspecified atom stereocenters. The third-order valence-corrected chi connectivity index (χ3v) is 4.79. The lowest BCUT2D eigenvalue weighted by Crippen LogP contribution is -2.29.